The van der Waals surface area contributed by atoms with Crippen molar-refractivity contribution in [1.82, 2.24) is 9.78 Å². The second kappa shape index (κ2) is 5.96. The van der Waals surface area contributed by atoms with E-state index in [1.165, 1.54) is 7.11 Å². The summed E-state index contributed by atoms with van der Waals surface area (Å²) in [6.07, 6.45) is 6.62. The summed E-state index contributed by atoms with van der Waals surface area (Å²) in [6.45, 7) is 0.588. The van der Waals surface area contributed by atoms with Crippen molar-refractivity contribution in [2.45, 2.75) is 24.5 Å². The van der Waals surface area contributed by atoms with Crippen molar-refractivity contribution in [2.24, 2.45) is 18.2 Å². The van der Waals surface area contributed by atoms with Crippen molar-refractivity contribution in [3.8, 4) is 0 Å². The number of carbonyl (C=O) groups excluding carboxylic acids is 1. The predicted octanol–water partition coefficient (Wildman–Crippen LogP) is 1.50. The fourth-order valence-corrected chi connectivity index (χ4v) is 3.51. The van der Waals surface area contributed by atoms with E-state index in [0.717, 1.165) is 24.2 Å². The van der Waals surface area contributed by atoms with Crippen LogP contribution >= 0.6 is 11.8 Å². The zero-order chi connectivity index (χ0) is 13.9. The third-order valence-electron chi connectivity index (χ3n) is 3.61. The molecule has 1 aliphatic carbocycles. The predicted molar refractivity (Wildman–Crippen MR) is 75.8 cm³/mol. The maximum absolute atomic E-state index is 11.4. The van der Waals surface area contributed by atoms with Crippen LogP contribution < -0.4 is 5.73 Å². The Morgan fingerprint density at radius 2 is 2.42 bits per heavy atom. The van der Waals surface area contributed by atoms with Crippen LogP contribution in [0.5, 0.6) is 0 Å². The standard InChI is InChI=1S/C13H21N3O2S/c1-16-8-10(7-15-16)11(6-14)19-9-13(3-4-13)5-12(17)18-2/h7-8,11H,3-6,9,14H2,1-2H3. The Balaban J connectivity index is 1.88. The van der Waals surface area contributed by atoms with Crippen LogP contribution in [0.4, 0.5) is 0 Å². The molecule has 0 amide bonds. The largest absolute Gasteiger partial charge is 0.469 e. The van der Waals surface area contributed by atoms with Crippen LogP contribution in [0.2, 0.25) is 0 Å². The molecule has 1 aliphatic rings. The van der Waals surface area contributed by atoms with Gasteiger partial charge in [0.05, 0.1) is 19.7 Å². The van der Waals surface area contributed by atoms with Crippen molar-refractivity contribution < 1.29 is 9.53 Å². The molecule has 2 N–H and O–H groups in total. The molecular formula is C13H21N3O2S. The number of aryl methyl sites for hydroxylation is 1. The lowest BCUT2D eigenvalue weighted by Gasteiger charge is -2.18. The highest BCUT2D eigenvalue weighted by molar-refractivity contribution is 7.99. The van der Waals surface area contributed by atoms with Crippen LogP contribution in [0, 0.1) is 5.41 Å². The maximum Gasteiger partial charge on any atom is 0.306 e. The third kappa shape index (κ3) is 3.73. The summed E-state index contributed by atoms with van der Waals surface area (Å²) >= 11 is 1.82. The highest BCUT2D eigenvalue weighted by Crippen LogP contribution is 2.52. The van der Waals surface area contributed by atoms with Crippen LogP contribution in [0.3, 0.4) is 0 Å². The SMILES string of the molecule is COC(=O)CC1(CSC(CN)c2cnn(C)c2)CC1. The number of aromatic nitrogens is 2. The van der Waals surface area contributed by atoms with Gasteiger partial charge in [-0.15, -0.1) is 0 Å². The van der Waals surface area contributed by atoms with Gasteiger partial charge in [0, 0.05) is 36.4 Å². The van der Waals surface area contributed by atoms with Crippen molar-refractivity contribution in [1.29, 1.82) is 0 Å². The minimum atomic E-state index is -0.108. The molecule has 5 nitrogen and oxygen atoms in total. The quantitative estimate of drug-likeness (QED) is 0.768. The van der Waals surface area contributed by atoms with Crippen LogP contribution in [0.25, 0.3) is 0 Å². The Bertz CT molecular complexity index is 443. The minimum Gasteiger partial charge on any atom is -0.469 e. The monoisotopic (exact) mass is 283 g/mol. The number of thioether (sulfide) groups is 1. The van der Waals surface area contributed by atoms with E-state index in [0.29, 0.717) is 13.0 Å². The molecule has 106 valence electrons. The first-order chi connectivity index (χ1) is 9.08. The summed E-state index contributed by atoms with van der Waals surface area (Å²) in [5, 5.41) is 4.43. The van der Waals surface area contributed by atoms with E-state index in [4.69, 9.17) is 10.5 Å². The molecule has 1 atom stereocenters. The molecule has 1 fully saturated rings. The summed E-state index contributed by atoms with van der Waals surface area (Å²) < 4.78 is 6.55. The number of hydrogen-bond acceptors (Lipinski definition) is 5. The van der Waals surface area contributed by atoms with E-state index >= 15 is 0 Å². The Morgan fingerprint density at radius 3 is 2.89 bits per heavy atom. The lowest BCUT2D eigenvalue weighted by molar-refractivity contribution is -0.141. The minimum absolute atomic E-state index is 0.108. The van der Waals surface area contributed by atoms with Gasteiger partial charge in [-0.25, -0.2) is 0 Å². The second-order valence-electron chi connectivity index (χ2n) is 5.24. The molecule has 0 saturated heterocycles. The highest BCUT2D eigenvalue weighted by Gasteiger charge is 2.44. The molecule has 0 aromatic carbocycles. The lowest BCUT2D eigenvalue weighted by Crippen LogP contribution is -2.16. The summed E-state index contributed by atoms with van der Waals surface area (Å²) in [7, 11) is 3.35. The van der Waals surface area contributed by atoms with E-state index < -0.39 is 0 Å². The summed E-state index contributed by atoms with van der Waals surface area (Å²) in [6, 6.07) is 0. The van der Waals surface area contributed by atoms with Gasteiger partial charge in [-0.3, -0.25) is 9.48 Å². The molecule has 2 rings (SSSR count). The van der Waals surface area contributed by atoms with Crippen molar-refractivity contribution in [3.63, 3.8) is 0 Å². The normalized spacial score (nSPS) is 18.1. The zero-order valence-corrected chi connectivity index (χ0v) is 12.3. The zero-order valence-electron chi connectivity index (χ0n) is 11.5. The fraction of sp³-hybridized carbons (Fsp3) is 0.692. The topological polar surface area (TPSA) is 70.1 Å². The molecule has 0 radical (unpaired) electrons. The Labute approximate surface area is 117 Å². The molecule has 1 saturated carbocycles. The number of rotatable bonds is 7. The molecule has 0 spiro atoms. The first-order valence-electron chi connectivity index (χ1n) is 6.45. The number of ether oxygens (including phenoxy) is 1. The van der Waals surface area contributed by atoms with Gasteiger partial charge in [0.1, 0.15) is 0 Å². The molecule has 0 bridgehead atoms. The average molecular weight is 283 g/mol. The van der Waals surface area contributed by atoms with Crippen molar-refractivity contribution in [2.75, 3.05) is 19.4 Å². The first kappa shape index (κ1) is 14.4. The van der Waals surface area contributed by atoms with E-state index in [1.54, 1.807) is 4.68 Å². The number of esters is 1. The number of nitrogens with two attached hydrogens (primary N) is 1. The molecule has 1 aromatic rings. The average Bonchev–Trinajstić information content (AvgIpc) is 3.02. The van der Waals surface area contributed by atoms with Crippen LogP contribution in [0.1, 0.15) is 30.1 Å². The Kier molecular flexibility index (Phi) is 4.52. The van der Waals surface area contributed by atoms with Gasteiger partial charge in [-0.2, -0.15) is 16.9 Å². The van der Waals surface area contributed by atoms with Crippen molar-refractivity contribution >= 4 is 17.7 Å². The van der Waals surface area contributed by atoms with Crippen LogP contribution in [-0.4, -0.2) is 35.2 Å². The number of methoxy groups -OCH3 is 1. The third-order valence-corrected chi connectivity index (χ3v) is 5.25. The summed E-state index contributed by atoms with van der Waals surface area (Å²) in [4.78, 5) is 11.4. The molecule has 1 aromatic heterocycles. The Hall–Kier alpha value is -1.01. The van der Waals surface area contributed by atoms with Gasteiger partial charge in [-0.05, 0) is 18.3 Å². The summed E-state index contributed by atoms with van der Waals surface area (Å²) in [5.74, 6) is 0.850. The van der Waals surface area contributed by atoms with Gasteiger partial charge in [-0.1, -0.05) is 0 Å². The van der Waals surface area contributed by atoms with E-state index in [-0.39, 0.29) is 16.6 Å². The highest BCUT2D eigenvalue weighted by atomic mass is 32.2. The van der Waals surface area contributed by atoms with E-state index in [2.05, 4.69) is 5.10 Å². The molecule has 0 aliphatic heterocycles. The molecule has 6 heteroatoms. The number of carbonyl (C=O) groups is 1. The fourth-order valence-electron chi connectivity index (χ4n) is 2.11. The van der Waals surface area contributed by atoms with Crippen LogP contribution in [-0.2, 0) is 16.6 Å². The number of hydrogen-bond donors (Lipinski definition) is 1. The van der Waals surface area contributed by atoms with Crippen molar-refractivity contribution in [3.05, 3.63) is 18.0 Å². The van der Waals surface area contributed by atoms with Crippen LogP contribution in [0.15, 0.2) is 12.4 Å². The smallest absolute Gasteiger partial charge is 0.306 e. The molecular weight excluding hydrogens is 262 g/mol. The molecule has 1 heterocycles. The van der Waals surface area contributed by atoms with Gasteiger partial charge < -0.3 is 10.5 Å². The maximum atomic E-state index is 11.4. The Morgan fingerprint density at radius 1 is 1.68 bits per heavy atom. The summed E-state index contributed by atoms with van der Waals surface area (Å²) in [5.41, 5.74) is 7.14. The lowest BCUT2D eigenvalue weighted by atomic mass is 10.1. The molecule has 19 heavy (non-hydrogen) atoms. The second-order valence-corrected chi connectivity index (χ2v) is 6.43. The van der Waals surface area contributed by atoms with E-state index in [1.807, 2.05) is 31.2 Å². The van der Waals surface area contributed by atoms with Gasteiger partial charge in [0.15, 0.2) is 0 Å². The molecule has 1 unspecified atom stereocenters. The number of nitrogens with zero attached hydrogens (tertiary/aromatic N) is 2. The first-order valence-corrected chi connectivity index (χ1v) is 7.50. The van der Waals surface area contributed by atoms with E-state index in [9.17, 15) is 4.79 Å². The van der Waals surface area contributed by atoms with Gasteiger partial charge in [0.2, 0.25) is 0 Å². The van der Waals surface area contributed by atoms with Gasteiger partial charge >= 0.3 is 5.97 Å². The van der Waals surface area contributed by atoms with Gasteiger partial charge in [0.25, 0.3) is 0 Å².